The first kappa shape index (κ1) is 15.2. The van der Waals surface area contributed by atoms with Gasteiger partial charge in [-0.15, -0.1) is 12.4 Å². The summed E-state index contributed by atoms with van der Waals surface area (Å²) in [4.78, 5) is 0. The minimum atomic E-state index is 0. The molecule has 1 rings (SSSR count). The molecule has 1 nitrogen and oxygen atoms in total. The Bertz CT molecular complexity index is 160. The maximum absolute atomic E-state index is 3.73. The Hall–Kier alpha value is 0.250. The van der Waals surface area contributed by atoms with E-state index < -0.39 is 0 Å². The lowest BCUT2D eigenvalue weighted by Gasteiger charge is -2.28. The summed E-state index contributed by atoms with van der Waals surface area (Å²) >= 11 is 0. The minimum Gasteiger partial charge on any atom is -0.313 e. The van der Waals surface area contributed by atoms with Crippen LogP contribution in [0, 0.1) is 11.3 Å². The second-order valence-electron chi connectivity index (χ2n) is 6.12. The summed E-state index contributed by atoms with van der Waals surface area (Å²) in [5.74, 6) is 0.815. The average molecular weight is 234 g/mol. The molecule has 1 saturated carbocycles. The fourth-order valence-corrected chi connectivity index (χ4v) is 2.73. The summed E-state index contributed by atoms with van der Waals surface area (Å²) in [7, 11) is 0. The van der Waals surface area contributed by atoms with Crippen LogP contribution < -0.4 is 5.32 Å². The number of hydrogen-bond acceptors (Lipinski definition) is 1. The summed E-state index contributed by atoms with van der Waals surface area (Å²) in [6.07, 6.45) is 6.99. The first-order valence-corrected chi connectivity index (χ1v) is 6.23. The second-order valence-corrected chi connectivity index (χ2v) is 6.12. The molecule has 2 heteroatoms. The smallest absolute Gasteiger partial charge is 0.00672 e. The van der Waals surface area contributed by atoms with E-state index in [2.05, 4.69) is 33.0 Å². The zero-order valence-corrected chi connectivity index (χ0v) is 11.6. The van der Waals surface area contributed by atoms with Crippen molar-refractivity contribution in [2.45, 2.75) is 65.8 Å². The first-order chi connectivity index (χ1) is 6.49. The minimum absolute atomic E-state index is 0. The van der Waals surface area contributed by atoms with Gasteiger partial charge in [0.25, 0.3) is 0 Å². The van der Waals surface area contributed by atoms with Crippen molar-refractivity contribution in [3.8, 4) is 0 Å². The Balaban J connectivity index is 0.00000196. The highest BCUT2D eigenvalue weighted by Crippen LogP contribution is 2.25. The summed E-state index contributed by atoms with van der Waals surface area (Å²) in [6, 6.07) is 0.821. The normalized spacial score (nSPS) is 18.2. The molecule has 0 aliphatic heterocycles. The average Bonchev–Trinajstić information content (AvgIpc) is 2.50. The molecule has 0 aromatic carbocycles. The standard InChI is InChI=1S/C13H27N.ClH/c1-11(2)9-13(3,4)10-14-12-7-5-6-8-12;/h11-12,14H,5-10H2,1-4H3;1H. The van der Waals surface area contributed by atoms with Gasteiger partial charge >= 0.3 is 0 Å². The van der Waals surface area contributed by atoms with E-state index in [-0.39, 0.29) is 12.4 Å². The van der Waals surface area contributed by atoms with Crippen LogP contribution in [0.25, 0.3) is 0 Å². The highest BCUT2D eigenvalue weighted by Gasteiger charge is 2.22. The molecule has 1 aliphatic carbocycles. The van der Waals surface area contributed by atoms with Crippen LogP contribution in [0.3, 0.4) is 0 Å². The zero-order valence-electron chi connectivity index (χ0n) is 10.8. The molecular formula is C13H28ClN. The summed E-state index contributed by atoms with van der Waals surface area (Å²) in [6.45, 7) is 10.6. The second kappa shape index (κ2) is 6.75. The zero-order chi connectivity index (χ0) is 10.6. The third kappa shape index (κ3) is 6.42. The fraction of sp³-hybridized carbons (Fsp3) is 1.00. The van der Waals surface area contributed by atoms with Crippen LogP contribution >= 0.6 is 12.4 Å². The van der Waals surface area contributed by atoms with E-state index in [1.165, 1.54) is 38.6 Å². The Morgan fingerprint density at radius 3 is 2.20 bits per heavy atom. The van der Waals surface area contributed by atoms with Crippen molar-refractivity contribution in [3.63, 3.8) is 0 Å². The van der Waals surface area contributed by atoms with Crippen LogP contribution in [0.1, 0.15) is 59.8 Å². The van der Waals surface area contributed by atoms with Crippen molar-refractivity contribution in [3.05, 3.63) is 0 Å². The molecule has 0 atom stereocenters. The van der Waals surface area contributed by atoms with Gasteiger partial charge < -0.3 is 5.32 Å². The molecule has 0 bridgehead atoms. The van der Waals surface area contributed by atoms with Crippen LogP contribution in [-0.2, 0) is 0 Å². The Morgan fingerprint density at radius 1 is 1.20 bits per heavy atom. The van der Waals surface area contributed by atoms with Crippen molar-refractivity contribution in [1.82, 2.24) is 5.32 Å². The number of halogens is 1. The quantitative estimate of drug-likeness (QED) is 0.757. The maximum atomic E-state index is 3.73. The van der Waals surface area contributed by atoms with Crippen LogP contribution in [-0.4, -0.2) is 12.6 Å². The third-order valence-corrected chi connectivity index (χ3v) is 3.19. The highest BCUT2D eigenvalue weighted by molar-refractivity contribution is 5.85. The van der Waals surface area contributed by atoms with Gasteiger partial charge in [0.2, 0.25) is 0 Å². The van der Waals surface area contributed by atoms with Gasteiger partial charge in [-0.05, 0) is 30.6 Å². The molecule has 0 saturated heterocycles. The summed E-state index contributed by atoms with van der Waals surface area (Å²) in [5, 5.41) is 3.73. The Labute approximate surface area is 102 Å². The number of hydrogen-bond donors (Lipinski definition) is 1. The highest BCUT2D eigenvalue weighted by atomic mass is 35.5. The molecule has 0 amide bonds. The predicted molar refractivity (Wildman–Crippen MR) is 70.7 cm³/mol. The van der Waals surface area contributed by atoms with E-state index >= 15 is 0 Å². The molecular weight excluding hydrogens is 206 g/mol. The number of nitrogens with one attached hydrogen (secondary N) is 1. The summed E-state index contributed by atoms with van der Waals surface area (Å²) in [5.41, 5.74) is 0.469. The van der Waals surface area contributed by atoms with Crippen molar-refractivity contribution >= 4 is 12.4 Å². The lowest BCUT2D eigenvalue weighted by molar-refractivity contribution is 0.261. The van der Waals surface area contributed by atoms with Crippen LogP contribution in [0.5, 0.6) is 0 Å². The third-order valence-electron chi connectivity index (χ3n) is 3.19. The van der Waals surface area contributed by atoms with Crippen molar-refractivity contribution < 1.29 is 0 Å². The van der Waals surface area contributed by atoms with Gasteiger partial charge in [-0.1, -0.05) is 40.5 Å². The van der Waals surface area contributed by atoms with E-state index in [1.807, 2.05) is 0 Å². The molecule has 0 unspecified atom stereocenters. The van der Waals surface area contributed by atoms with Crippen LogP contribution in [0.15, 0.2) is 0 Å². The molecule has 0 aromatic heterocycles. The predicted octanol–water partition coefficient (Wildman–Crippen LogP) is 4.01. The van der Waals surface area contributed by atoms with Gasteiger partial charge in [0, 0.05) is 12.6 Å². The van der Waals surface area contributed by atoms with Crippen molar-refractivity contribution in [2.75, 3.05) is 6.54 Å². The van der Waals surface area contributed by atoms with E-state index in [0.29, 0.717) is 5.41 Å². The molecule has 0 heterocycles. The fourth-order valence-electron chi connectivity index (χ4n) is 2.73. The number of rotatable bonds is 5. The molecule has 1 N–H and O–H groups in total. The van der Waals surface area contributed by atoms with Crippen LogP contribution in [0.2, 0.25) is 0 Å². The molecule has 0 aromatic rings. The van der Waals surface area contributed by atoms with Gasteiger partial charge in [-0.25, -0.2) is 0 Å². The Morgan fingerprint density at radius 2 is 1.73 bits per heavy atom. The van der Waals surface area contributed by atoms with E-state index in [0.717, 1.165) is 12.0 Å². The summed E-state index contributed by atoms with van der Waals surface area (Å²) < 4.78 is 0. The molecule has 92 valence electrons. The molecule has 0 radical (unpaired) electrons. The monoisotopic (exact) mass is 233 g/mol. The lowest BCUT2D eigenvalue weighted by atomic mass is 9.84. The van der Waals surface area contributed by atoms with Gasteiger partial charge in [0.05, 0.1) is 0 Å². The van der Waals surface area contributed by atoms with Gasteiger partial charge in [-0.2, -0.15) is 0 Å². The molecule has 1 aliphatic rings. The van der Waals surface area contributed by atoms with Gasteiger partial charge in [0.15, 0.2) is 0 Å². The van der Waals surface area contributed by atoms with E-state index in [4.69, 9.17) is 0 Å². The van der Waals surface area contributed by atoms with Crippen LogP contribution in [0.4, 0.5) is 0 Å². The maximum Gasteiger partial charge on any atom is 0.00672 e. The molecule has 15 heavy (non-hydrogen) atoms. The first-order valence-electron chi connectivity index (χ1n) is 6.23. The Kier molecular flexibility index (Phi) is 6.86. The SMILES string of the molecule is CC(C)CC(C)(C)CNC1CCCC1.Cl. The molecule has 1 fully saturated rings. The van der Waals surface area contributed by atoms with E-state index in [9.17, 15) is 0 Å². The van der Waals surface area contributed by atoms with E-state index in [1.54, 1.807) is 0 Å². The topological polar surface area (TPSA) is 12.0 Å². The van der Waals surface area contributed by atoms with Gasteiger partial charge in [0.1, 0.15) is 0 Å². The largest absolute Gasteiger partial charge is 0.313 e. The van der Waals surface area contributed by atoms with Crippen molar-refractivity contribution in [1.29, 1.82) is 0 Å². The molecule has 0 spiro atoms. The lowest BCUT2D eigenvalue weighted by Crippen LogP contribution is -2.36. The van der Waals surface area contributed by atoms with Crippen molar-refractivity contribution in [2.24, 2.45) is 11.3 Å². The van der Waals surface area contributed by atoms with Gasteiger partial charge in [-0.3, -0.25) is 0 Å².